The third-order valence-corrected chi connectivity index (χ3v) is 7.55. The van der Waals surface area contributed by atoms with E-state index in [1.807, 2.05) is 23.1 Å². The molecule has 0 aliphatic carbocycles. The van der Waals surface area contributed by atoms with Gasteiger partial charge in [0.05, 0.1) is 4.90 Å². The van der Waals surface area contributed by atoms with Crippen molar-refractivity contribution >= 4 is 15.7 Å². The van der Waals surface area contributed by atoms with E-state index < -0.39 is 9.84 Å². The summed E-state index contributed by atoms with van der Waals surface area (Å²) in [7, 11) is -3.91. The lowest BCUT2D eigenvalue weighted by Gasteiger charge is -2.34. The van der Waals surface area contributed by atoms with Crippen LogP contribution in [0.2, 0.25) is 0 Å². The van der Waals surface area contributed by atoms with E-state index in [-0.39, 0.29) is 27.5 Å². The topological polar surface area (TPSA) is 66.7 Å². The first-order valence-electron chi connectivity index (χ1n) is 11.1. The molecule has 5 rings (SSSR count). The Morgan fingerprint density at radius 2 is 1.44 bits per heavy atom. The van der Waals surface area contributed by atoms with Gasteiger partial charge in [-0.25, -0.2) is 12.8 Å². The van der Waals surface area contributed by atoms with Crippen LogP contribution in [0.3, 0.4) is 0 Å². The summed E-state index contributed by atoms with van der Waals surface area (Å²) in [5.74, 6) is -0.0130. The Bertz CT molecular complexity index is 1350. The van der Waals surface area contributed by atoms with Crippen molar-refractivity contribution in [1.82, 2.24) is 9.88 Å². The summed E-state index contributed by atoms with van der Waals surface area (Å²) in [6, 6.07) is 24.1. The van der Waals surface area contributed by atoms with Gasteiger partial charge in [0.25, 0.3) is 0 Å². The van der Waals surface area contributed by atoms with Gasteiger partial charge in [0.2, 0.25) is 26.6 Å². The van der Waals surface area contributed by atoms with Crippen molar-refractivity contribution in [2.75, 3.05) is 31.1 Å². The Hall–Kier alpha value is -3.49. The highest BCUT2D eigenvalue weighted by atomic mass is 32.2. The van der Waals surface area contributed by atoms with Crippen molar-refractivity contribution in [3.05, 3.63) is 96.3 Å². The highest BCUT2D eigenvalue weighted by molar-refractivity contribution is 7.91. The first kappa shape index (κ1) is 22.3. The number of anilines is 1. The molecule has 1 aliphatic rings. The van der Waals surface area contributed by atoms with Gasteiger partial charge in [0.15, 0.2) is 0 Å². The van der Waals surface area contributed by atoms with E-state index >= 15 is 0 Å². The number of piperazine rings is 1. The zero-order valence-electron chi connectivity index (χ0n) is 18.5. The molecule has 6 nitrogen and oxygen atoms in total. The minimum Gasteiger partial charge on any atom is -0.419 e. The third kappa shape index (κ3) is 4.60. The predicted octanol–water partition coefficient (Wildman–Crippen LogP) is 4.64. The van der Waals surface area contributed by atoms with E-state index in [4.69, 9.17) is 4.42 Å². The van der Waals surface area contributed by atoms with Gasteiger partial charge >= 0.3 is 0 Å². The van der Waals surface area contributed by atoms with Crippen LogP contribution in [0.25, 0.3) is 11.5 Å². The Morgan fingerprint density at radius 3 is 2.09 bits per heavy atom. The summed E-state index contributed by atoms with van der Waals surface area (Å²) < 4.78 is 46.4. The van der Waals surface area contributed by atoms with Crippen LogP contribution in [0.4, 0.5) is 10.3 Å². The van der Waals surface area contributed by atoms with Gasteiger partial charge in [0.1, 0.15) is 5.82 Å². The van der Waals surface area contributed by atoms with Gasteiger partial charge in [-0.1, -0.05) is 48.5 Å². The molecule has 0 N–H and O–H groups in total. The Balaban J connectivity index is 1.45. The number of aromatic nitrogens is 1. The minimum absolute atomic E-state index is 0.116. The monoisotopic (exact) mass is 477 g/mol. The van der Waals surface area contributed by atoms with E-state index in [0.29, 0.717) is 18.7 Å². The fourth-order valence-electron chi connectivity index (χ4n) is 4.05. The average molecular weight is 478 g/mol. The van der Waals surface area contributed by atoms with Crippen molar-refractivity contribution in [1.29, 1.82) is 0 Å². The van der Waals surface area contributed by atoms with E-state index in [0.717, 1.165) is 19.6 Å². The molecule has 0 atom stereocenters. The van der Waals surface area contributed by atoms with Crippen LogP contribution in [0.1, 0.15) is 5.56 Å². The molecule has 34 heavy (non-hydrogen) atoms. The van der Waals surface area contributed by atoms with Crippen LogP contribution < -0.4 is 4.90 Å². The molecule has 174 valence electrons. The second-order valence-electron chi connectivity index (χ2n) is 8.20. The van der Waals surface area contributed by atoms with E-state index in [2.05, 4.69) is 22.0 Å². The molecule has 4 aromatic rings. The van der Waals surface area contributed by atoms with Gasteiger partial charge < -0.3 is 9.32 Å². The molecule has 8 heteroatoms. The number of hydrogen-bond acceptors (Lipinski definition) is 6. The molecule has 0 spiro atoms. The van der Waals surface area contributed by atoms with Crippen molar-refractivity contribution in [3.63, 3.8) is 0 Å². The summed E-state index contributed by atoms with van der Waals surface area (Å²) in [5, 5.41) is -0.116. The van der Waals surface area contributed by atoms with E-state index in [1.54, 1.807) is 30.3 Å². The van der Waals surface area contributed by atoms with Crippen LogP contribution in [-0.4, -0.2) is 44.5 Å². The second kappa shape index (κ2) is 9.40. The van der Waals surface area contributed by atoms with E-state index in [9.17, 15) is 12.8 Å². The third-order valence-electron chi connectivity index (χ3n) is 5.89. The Kier molecular flexibility index (Phi) is 6.17. The van der Waals surface area contributed by atoms with Gasteiger partial charge in [-0.15, -0.1) is 0 Å². The summed E-state index contributed by atoms with van der Waals surface area (Å²) >= 11 is 0. The fraction of sp³-hybridized carbons (Fsp3) is 0.192. The van der Waals surface area contributed by atoms with Gasteiger partial charge in [0, 0.05) is 38.3 Å². The molecule has 0 saturated carbocycles. The van der Waals surface area contributed by atoms with E-state index in [1.165, 1.54) is 29.8 Å². The maximum absolute atomic E-state index is 13.5. The number of oxazole rings is 1. The zero-order valence-corrected chi connectivity index (χ0v) is 19.3. The van der Waals surface area contributed by atoms with Crippen LogP contribution >= 0.6 is 0 Å². The number of sulfone groups is 1. The lowest BCUT2D eigenvalue weighted by molar-refractivity contribution is 0.245. The molecule has 2 heterocycles. The quantitative estimate of drug-likeness (QED) is 0.403. The van der Waals surface area contributed by atoms with Crippen LogP contribution in [0, 0.1) is 5.82 Å². The van der Waals surface area contributed by atoms with Gasteiger partial charge in [-0.3, -0.25) is 4.90 Å². The molecule has 1 aliphatic heterocycles. The van der Waals surface area contributed by atoms with Crippen molar-refractivity contribution in [3.8, 4) is 11.5 Å². The van der Waals surface area contributed by atoms with Crippen LogP contribution in [0.5, 0.6) is 0 Å². The van der Waals surface area contributed by atoms with Crippen LogP contribution in [-0.2, 0) is 16.4 Å². The number of hydrogen-bond donors (Lipinski definition) is 0. The van der Waals surface area contributed by atoms with Crippen molar-refractivity contribution < 1.29 is 17.2 Å². The summed E-state index contributed by atoms with van der Waals surface area (Å²) in [4.78, 5) is 8.79. The number of halogens is 1. The first-order valence-corrected chi connectivity index (χ1v) is 12.6. The standard InChI is InChI=1S/C26H24FN3O3S/c27-22-13-11-21(12-14-22)24-28-25(34(31,32)23-9-5-2-6-10-23)26(33-24)30-17-15-29(16-18-30)19-20-7-3-1-4-8-20/h1-14H,15-19H2. The van der Waals surface area contributed by atoms with Gasteiger partial charge in [-0.2, -0.15) is 4.98 Å². The average Bonchev–Trinajstić information content (AvgIpc) is 3.33. The highest BCUT2D eigenvalue weighted by Crippen LogP contribution is 2.35. The summed E-state index contributed by atoms with van der Waals surface area (Å²) in [6.07, 6.45) is 0. The molecule has 0 amide bonds. The smallest absolute Gasteiger partial charge is 0.236 e. The molecule has 0 unspecified atom stereocenters. The minimum atomic E-state index is -3.91. The Labute approximate surface area is 198 Å². The first-order chi connectivity index (χ1) is 16.5. The summed E-state index contributed by atoms with van der Waals surface area (Å²) in [6.45, 7) is 3.55. The van der Waals surface area contributed by atoms with Crippen LogP contribution in [0.15, 0.2) is 99.3 Å². The van der Waals surface area contributed by atoms with Crippen molar-refractivity contribution in [2.24, 2.45) is 0 Å². The molecular formula is C26H24FN3O3S. The molecule has 3 aromatic carbocycles. The lowest BCUT2D eigenvalue weighted by Crippen LogP contribution is -2.46. The number of nitrogens with zero attached hydrogens (tertiary/aromatic N) is 3. The normalized spacial score (nSPS) is 14.9. The molecule has 1 saturated heterocycles. The largest absolute Gasteiger partial charge is 0.419 e. The summed E-state index contributed by atoms with van der Waals surface area (Å²) in [5.41, 5.74) is 1.75. The van der Waals surface area contributed by atoms with Gasteiger partial charge in [-0.05, 0) is 42.0 Å². The van der Waals surface area contributed by atoms with Crippen molar-refractivity contribution in [2.45, 2.75) is 16.5 Å². The molecule has 0 bridgehead atoms. The Morgan fingerprint density at radius 1 is 0.824 bits per heavy atom. The number of benzene rings is 3. The molecule has 0 radical (unpaired) electrons. The molecule has 1 aromatic heterocycles. The number of rotatable bonds is 6. The maximum atomic E-state index is 13.5. The second-order valence-corrected chi connectivity index (χ2v) is 10.1. The molecular weight excluding hydrogens is 453 g/mol. The lowest BCUT2D eigenvalue weighted by atomic mass is 10.2. The fourth-order valence-corrected chi connectivity index (χ4v) is 5.39. The maximum Gasteiger partial charge on any atom is 0.236 e. The molecule has 1 fully saturated rings. The SMILES string of the molecule is O=S(=O)(c1ccccc1)c1nc(-c2ccc(F)cc2)oc1N1CCN(Cc2ccccc2)CC1. The predicted molar refractivity (Wildman–Crippen MR) is 128 cm³/mol. The highest BCUT2D eigenvalue weighted by Gasteiger charge is 2.32. The zero-order chi connectivity index (χ0) is 23.5.